The van der Waals surface area contributed by atoms with Gasteiger partial charge >= 0.3 is 6.18 Å². The monoisotopic (exact) mass is 393 g/mol. The molecule has 0 spiro atoms. The molecule has 1 aromatic carbocycles. The highest BCUT2D eigenvalue weighted by atomic mass is 32.2. The molecular weight excluding hydrogens is 383 g/mol. The van der Waals surface area contributed by atoms with Crippen LogP contribution in [0.4, 0.5) is 24.5 Å². The van der Waals surface area contributed by atoms with Gasteiger partial charge in [-0.15, -0.1) is 0 Å². The Morgan fingerprint density at radius 2 is 2.19 bits per heavy atom. The number of benzene rings is 1. The fraction of sp³-hybridized carbons (Fsp3) is 0.308. The van der Waals surface area contributed by atoms with Gasteiger partial charge in [-0.2, -0.15) is 13.2 Å². The molecule has 26 heavy (non-hydrogen) atoms. The molecule has 1 amide bonds. The van der Waals surface area contributed by atoms with Gasteiger partial charge in [0.1, 0.15) is 10.8 Å². The molecule has 1 aliphatic rings. The van der Waals surface area contributed by atoms with E-state index in [2.05, 4.69) is 0 Å². The summed E-state index contributed by atoms with van der Waals surface area (Å²) < 4.78 is 51.7. The van der Waals surface area contributed by atoms with E-state index in [0.29, 0.717) is 17.3 Å². The SMILES string of the molecule is CCON1c2cc(C(F)(F)F)cc([N+](=O)[O-])c2S(=O)C1C(=O)NC=C=O. The van der Waals surface area contributed by atoms with Gasteiger partial charge in [0.05, 0.1) is 39.8 Å². The summed E-state index contributed by atoms with van der Waals surface area (Å²) in [5.74, 6) is 0.171. The second-order valence-electron chi connectivity index (χ2n) is 4.76. The summed E-state index contributed by atoms with van der Waals surface area (Å²) in [6, 6.07) is 0.755. The molecule has 1 aromatic rings. The zero-order chi connectivity index (χ0) is 19.6. The number of nitro groups is 1. The first-order valence-electron chi connectivity index (χ1n) is 6.85. The minimum absolute atomic E-state index is 0.131. The summed E-state index contributed by atoms with van der Waals surface area (Å²) in [6.45, 7) is 1.32. The third kappa shape index (κ3) is 3.45. The molecule has 1 heterocycles. The molecule has 0 aliphatic carbocycles. The molecule has 0 fully saturated rings. The largest absolute Gasteiger partial charge is 0.416 e. The summed E-state index contributed by atoms with van der Waals surface area (Å²) in [5, 5.41) is 12.0. The van der Waals surface area contributed by atoms with Gasteiger partial charge in [0.15, 0.2) is 0 Å². The second kappa shape index (κ2) is 7.23. The molecule has 1 N–H and O–H groups in total. The zero-order valence-corrected chi connectivity index (χ0v) is 13.7. The van der Waals surface area contributed by atoms with Crippen molar-refractivity contribution in [2.45, 2.75) is 23.4 Å². The maximum absolute atomic E-state index is 13.0. The summed E-state index contributed by atoms with van der Waals surface area (Å²) in [7, 11) is -2.44. The lowest BCUT2D eigenvalue weighted by Gasteiger charge is -2.23. The molecule has 0 aromatic heterocycles. The standard InChI is InChI=1S/C13H10F3N3O6S/c1-2-25-18-8-5-7(13(14,15)16)6-9(19(22)23)10(8)26(24)12(18)11(21)17-3-4-20/h3,5-6,12H,2H2,1H3,(H,17,21). The van der Waals surface area contributed by atoms with Crippen LogP contribution in [0.15, 0.2) is 23.2 Å². The molecule has 13 heteroatoms. The van der Waals surface area contributed by atoms with Crippen molar-refractivity contribution in [1.29, 1.82) is 0 Å². The number of fused-ring (bicyclic) bond motifs is 1. The Morgan fingerprint density at radius 3 is 2.69 bits per heavy atom. The summed E-state index contributed by atoms with van der Waals surface area (Å²) in [4.78, 5) is 36.9. The number of alkyl halides is 3. The van der Waals surface area contributed by atoms with Crippen molar-refractivity contribution in [2.75, 3.05) is 11.7 Å². The number of halogens is 3. The fourth-order valence-electron chi connectivity index (χ4n) is 2.24. The van der Waals surface area contributed by atoms with E-state index in [9.17, 15) is 37.1 Å². The van der Waals surface area contributed by atoms with E-state index in [1.807, 2.05) is 5.32 Å². The number of nitrogens with zero attached hydrogens (tertiary/aromatic N) is 2. The number of carbonyl (C=O) groups excluding carboxylic acids is 2. The minimum Gasteiger partial charge on any atom is -0.320 e. The van der Waals surface area contributed by atoms with Gasteiger partial charge in [0.25, 0.3) is 11.6 Å². The number of nitrogens with one attached hydrogen (secondary N) is 1. The van der Waals surface area contributed by atoms with Crippen molar-refractivity contribution < 1.29 is 36.7 Å². The van der Waals surface area contributed by atoms with Crippen molar-refractivity contribution in [1.82, 2.24) is 5.32 Å². The van der Waals surface area contributed by atoms with Crippen molar-refractivity contribution in [2.24, 2.45) is 0 Å². The molecule has 2 rings (SSSR count). The first-order chi connectivity index (χ1) is 12.1. The predicted molar refractivity (Wildman–Crippen MR) is 80.8 cm³/mol. The van der Waals surface area contributed by atoms with E-state index in [1.54, 1.807) is 0 Å². The van der Waals surface area contributed by atoms with Crippen LogP contribution in [0.25, 0.3) is 0 Å². The Balaban J connectivity index is 2.69. The molecule has 0 bridgehead atoms. The van der Waals surface area contributed by atoms with Gasteiger partial charge in [-0.05, 0) is 13.0 Å². The third-order valence-corrected chi connectivity index (χ3v) is 4.83. The van der Waals surface area contributed by atoms with Gasteiger partial charge in [0.2, 0.25) is 5.37 Å². The fourth-order valence-corrected chi connectivity index (χ4v) is 3.77. The van der Waals surface area contributed by atoms with Gasteiger partial charge < -0.3 is 5.32 Å². The van der Waals surface area contributed by atoms with Gasteiger partial charge in [0, 0.05) is 6.07 Å². The Kier molecular flexibility index (Phi) is 5.44. The van der Waals surface area contributed by atoms with Crippen molar-refractivity contribution in [3.05, 3.63) is 34.0 Å². The maximum Gasteiger partial charge on any atom is 0.416 e. The molecule has 2 unspecified atom stereocenters. The third-order valence-electron chi connectivity index (χ3n) is 3.19. The van der Waals surface area contributed by atoms with Crippen LogP contribution in [0.5, 0.6) is 0 Å². The molecule has 0 radical (unpaired) electrons. The Hall–Kier alpha value is -2.76. The number of hydrogen-bond donors (Lipinski definition) is 1. The normalized spacial score (nSPS) is 18.8. The minimum atomic E-state index is -4.92. The smallest absolute Gasteiger partial charge is 0.320 e. The molecule has 140 valence electrons. The van der Waals surface area contributed by atoms with E-state index < -0.39 is 55.0 Å². The van der Waals surface area contributed by atoms with E-state index in [1.165, 1.54) is 12.9 Å². The summed E-state index contributed by atoms with van der Waals surface area (Å²) in [5.41, 5.74) is -2.93. The lowest BCUT2D eigenvalue weighted by atomic mass is 10.1. The average molecular weight is 393 g/mol. The average Bonchev–Trinajstić information content (AvgIpc) is 2.84. The highest BCUT2D eigenvalue weighted by Crippen LogP contribution is 2.45. The van der Waals surface area contributed by atoms with E-state index in [-0.39, 0.29) is 12.7 Å². The maximum atomic E-state index is 13.0. The van der Waals surface area contributed by atoms with Crippen LogP contribution in [0.2, 0.25) is 0 Å². The second-order valence-corrected chi connectivity index (χ2v) is 6.21. The van der Waals surface area contributed by atoms with Crippen LogP contribution >= 0.6 is 0 Å². The molecule has 0 saturated heterocycles. The Bertz CT molecular complexity index is 837. The van der Waals surface area contributed by atoms with E-state index in [4.69, 9.17) is 4.84 Å². The van der Waals surface area contributed by atoms with Crippen LogP contribution in [0.1, 0.15) is 12.5 Å². The number of hydrogen-bond acceptors (Lipinski definition) is 7. The van der Waals surface area contributed by atoms with Crippen molar-refractivity contribution in [3.63, 3.8) is 0 Å². The lowest BCUT2D eigenvalue weighted by molar-refractivity contribution is -0.387. The van der Waals surface area contributed by atoms with Gasteiger partial charge in [-0.1, -0.05) is 0 Å². The topological polar surface area (TPSA) is 119 Å². The quantitative estimate of drug-likeness (QED) is 0.455. The van der Waals surface area contributed by atoms with Crippen molar-refractivity contribution in [3.8, 4) is 0 Å². The molecule has 9 nitrogen and oxygen atoms in total. The molecule has 0 saturated carbocycles. The Labute approximate surface area is 146 Å². The van der Waals surface area contributed by atoms with Crippen LogP contribution in [-0.2, 0) is 31.4 Å². The van der Waals surface area contributed by atoms with Crippen LogP contribution in [0.3, 0.4) is 0 Å². The first kappa shape index (κ1) is 19.6. The summed E-state index contributed by atoms with van der Waals surface area (Å²) >= 11 is 0. The highest BCUT2D eigenvalue weighted by Gasteiger charge is 2.48. The van der Waals surface area contributed by atoms with E-state index >= 15 is 0 Å². The first-order valence-corrected chi connectivity index (χ1v) is 8.06. The number of carbonyl (C=O) groups is 1. The van der Waals surface area contributed by atoms with Crippen molar-refractivity contribution >= 4 is 34.0 Å². The number of rotatable bonds is 5. The van der Waals surface area contributed by atoms with Crippen LogP contribution in [0, 0.1) is 10.1 Å². The van der Waals surface area contributed by atoms with Gasteiger partial charge in [-0.3, -0.25) is 24.0 Å². The summed E-state index contributed by atoms with van der Waals surface area (Å²) in [6.07, 6.45) is -4.36. The number of nitro benzene ring substituents is 1. The lowest BCUT2D eigenvalue weighted by Crippen LogP contribution is -2.45. The van der Waals surface area contributed by atoms with Crippen LogP contribution in [-0.4, -0.2) is 33.0 Å². The molecule has 2 atom stereocenters. The number of hydroxylamine groups is 1. The van der Waals surface area contributed by atoms with Crippen LogP contribution < -0.4 is 10.4 Å². The number of amides is 1. The highest BCUT2D eigenvalue weighted by molar-refractivity contribution is 7.87. The molecule has 1 aliphatic heterocycles. The van der Waals surface area contributed by atoms with E-state index in [0.717, 1.165) is 0 Å². The van der Waals surface area contributed by atoms with Gasteiger partial charge in [-0.25, -0.2) is 9.86 Å². The predicted octanol–water partition coefficient (Wildman–Crippen LogP) is 1.28. The zero-order valence-electron chi connectivity index (χ0n) is 12.9. The molecular formula is C13H10F3N3O6S. The number of anilines is 1. The Morgan fingerprint density at radius 1 is 1.54 bits per heavy atom.